The van der Waals surface area contributed by atoms with E-state index in [1.165, 1.54) is 0 Å². The predicted octanol–water partition coefficient (Wildman–Crippen LogP) is 2.66. The molecule has 6 heteroatoms. The lowest BCUT2D eigenvalue weighted by atomic mass is 10.1. The van der Waals surface area contributed by atoms with Crippen LogP contribution in [0, 0.1) is 0 Å². The molecule has 5 nitrogen and oxygen atoms in total. The van der Waals surface area contributed by atoms with Crippen LogP contribution >= 0.6 is 11.3 Å². The number of carboxylic acids is 1. The van der Waals surface area contributed by atoms with Crippen molar-refractivity contribution in [2.75, 3.05) is 0 Å². The maximum atomic E-state index is 11.0. The summed E-state index contributed by atoms with van der Waals surface area (Å²) in [5, 5.41) is 14.3. The van der Waals surface area contributed by atoms with Gasteiger partial charge in [-0.2, -0.15) is 0 Å². The topological polar surface area (TPSA) is 67.2 Å². The van der Waals surface area contributed by atoms with Crippen molar-refractivity contribution in [3.8, 4) is 0 Å². The molecule has 0 aliphatic rings. The van der Waals surface area contributed by atoms with Gasteiger partial charge >= 0.3 is 5.97 Å². The number of aliphatic carboxylic acids is 1. The minimum Gasteiger partial charge on any atom is -0.481 e. The Morgan fingerprint density at radius 3 is 3.10 bits per heavy atom. The first-order valence-corrected chi connectivity index (χ1v) is 7.56. The van der Waals surface area contributed by atoms with Crippen molar-refractivity contribution in [3.05, 3.63) is 40.6 Å². The monoisotopic (exact) mass is 293 g/mol. The first kappa shape index (κ1) is 14.7. The molecule has 2 heterocycles. The van der Waals surface area contributed by atoms with Gasteiger partial charge in [0.05, 0.1) is 24.5 Å². The second kappa shape index (κ2) is 7.21. The van der Waals surface area contributed by atoms with Crippen molar-refractivity contribution >= 4 is 17.3 Å². The van der Waals surface area contributed by atoms with Gasteiger partial charge in [0, 0.05) is 24.2 Å². The molecule has 2 N–H and O–H groups in total. The van der Waals surface area contributed by atoms with Crippen molar-refractivity contribution < 1.29 is 9.90 Å². The molecule has 0 saturated heterocycles. The summed E-state index contributed by atoms with van der Waals surface area (Å²) >= 11 is 1.58. The largest absolute Gasteiger partial charge is 0.481 e. The number of aryl methyl sites for hydroxylation is 1. The first-order valence-electron chi connectivity index (χ1n) is 6.68. The van der Waals surface area contributed by atoms with E-state index in [0.29, 0.717) is 6.54 Å². The van der Waals surface area contributed by atoms with Gasteiger partial charge < -0.3 is 15.0 Å². The Kier molecular flexibility index (Phi) is 5.31. The predicted molar refractivity (Wildman–Crippen MR) is 78.7 cm³/mol. The molecule has 0 radical (unpaired) electrons. The Morgan fingerprint density at radius 2 is 2.45 bits per heavy atom. The fourth-order valence-electron chi connectivity index (χ4n) is 2.10. The highest BCUT2D eigenvalue weighted by Crippen LogP contribution is 2.22. The van der Waals surface area contributed by atoms with E-state index in [0.717, 1.165) is 23.5 Å². The molecule has 2 aromatic heterocycles. The molecule has 1 atom stereocenters. The van der Waals surface area contributed by atoms with Gasteiger partial charge in [-0.25, -0.2) is 4.98 Å². The Labute approximate surface area is 122 Å². The highest BCUT2D eigenvalue weighted by molar-refractivity contribution is 7.10. The number of thiophene rings is 1. The van der Waals surface area contributed by atoms with E-state index in [4.69, 9.17) is 5.11 Å². The molecular formula is C14H19N3O2S. The minimum atomic E-state index is -0.794. The van der Waals surface area contributed by atoms with Gasteiger partial charge in [0.15, 0.2) is 0 Å². The van der Waals surface area contributed by atoms with E-state index in [2.05, 4.69) is 21.8 Å². The summed E-state index contributed by atoms with van der Waals surface area (Å²) in [4.78, 5) is 16.2. The summed E-state index contributed by atoms with van der Waals surface area (Å²) in [5.74, 6) is -0.794. The average Bonchev–Trinajstić information content (AvgIpc) is 3.06. The number of rotatable bonds is 8. The second-order valence-corrected chi connectivity index (χ2v) is 5.60. The number of carbonyl (C=O) groups is 1. The Bertz CT molecular complexity index is 536. The van der Waals surface area contributed by atoms with Crippen LogP contribution in [0.1, 0.15) is 36.4 Å². The van der Waals surface area contributed by atoms with E-state index in [1.807, 2.05) is 30.0 Å². The quantitative estimate of drug-likeness (QED) is 0.785. The summed E-state index contributed by atoms with van der Waals surface area (Å²) < 4.78 is 2.10. The van der Waals surface area contributed by atoms with Gasteiger partial charge in [0.1, 0.15) is 0 Å². The first-order chi connectivity index (χ1) is 9.70. The third-order valence-electron chi connectivity index (χ3n) is 3.06. The number of aromatic nitrogens is 2. The SMILES string of the molecule is CCCn1cncc1CNC(CC(=O)O)c1cccs1. The summed E-state index contributed by atoms with van der Waals surface area (Å²) in [7, 11) is 0. The van der Waals surface area contributed by atoms with Crippen molar-refractivity contribution in [2.24, 2.45) is 0 Å². The molecule has 108 valence electrons. The fraction of sp³-hybridized carbons (Fsp3) is 0.429. The third kappa shape index (κ3) is 3.91. The molecule has 20 heavy (non-hydrogen) atoms. The van der Waals surface area contributed by atoms with Gasteiger partial charge in [-0.15, -0.1) is 11.3 Å². The van der Waals surface area contributed by atoms with Crippen LogP contribution in [0.5, 0.6) is 0 Å². The standard InChI is InChI=1S/C14H19N3O2S/c1-2-5-17-10-15-8-11(17)9-16-12(7-14(18)19)13-4-3-6-20-13/h3-4,6,8,10,12,16H,2,5,7,9H2,1H3,(H,18,19). The molecule has 0 bridgehead atoms. The maximum absolute atomic E-state index is 11.0. The van der Waals surface area contributed by atoms with Crippen LogP contribution in [0.4, 0.5) is 0 Å². The molecule has 0 spiro atoms. The Hall–Kier alpha value is -1.66. The van der Waals surface area contributed by atoms with E-state index < -0.39 is 5.97 Å². The zero-order valence-corrected chi connectivity index (χ0v) is 12.3. The summed E-state index contributed by atoms with van der Waals surface area (Å²) in [6.07, 6.45) is 4.78. The smallest absolute Gasteiger partial charge is 0.305 e. The van der Waals surface area contributed by atoms with Crippen molar-refractivity contribution in [2.45, 2.75) is 38.9 Å². The van der Waals surface area contributed by atoms with Gasteiger partial charge in [-0.05, 0) is 17.9 Å². The number of nitrogens with one attached hydrogen (secondary N) is 1. The molecule has 2 rings (SSSR count). The van der Waals surface area contributed by atoms with Crippen LogP contribution in [0.2, 0.25) is 0 Å². The normalized spacial score (nSPS) is 12.4. The molecule has 0 aliphatic heterocycles. The van der Waals surface area contributed by atoms with Crippen LogP contribution in [-0.4, -0.2) is 20.6 Å². The van der Waals surface area contributed by atoms with Gasteiger partial charge in [0.2, 0.25) is 0 Å². The third-order valence-corrected chi connectivity index (χ3v) is 4.04. The number of nitrogens with zero attached hydrogens (tertiary/aromatic N) is 2. The van der Waals surface area contributed by atoms with Crippen molar-refractivity contribution in [1.29, 1.82) is 0 Å². The number of hydrogen-bond donors (Lipinski definition) is 2. The summed E-state index contributed by atoms with van der Waals surface area (Å²) in [6, 6.07) is 3.75. The average molecular weight is 293 g/mol. The fourth-order valence-corrected chi connectivity index (χ4v) is 2.91. The summed E-state index contributed by atoms with van der Waals surface area (Å²) in [6.45, 7) is 3.67. The van der Waals surface area contributed by atoms with Crippen LogP contribution in [0.15, 0.2) is 30.0 Å². The highest BCUT2D eigenvalue weighted by Gasteiger charge is 2.16. The number of imidazole rings is 1. The Balaban J connectivity index is 2.01. The molecule has 0 saturated carbocycles. The van der Waals surface area contributed by atoms with Gasteiger partial charge in [0.25, 0.3) is 0 Å². The molecule has 0 amide bonds. The van der Waals surface area contributed by atoms with E-state index >= 15 is 0 Å². The van der Waals surface area contributed by atoms with E-state index in [9.17, 15) is 4.79 Å². The van der Waals surface area contributed by atoms with E-state index in [1.54, 1.807) is 11.3 Å². The van der Waals surface area contributed by atoms with Gasteiger partial charge in [-0.3, -0.25) is 4.79 Å². The lowest BCUT2D eigenvalue weighted by Gasteiger charge is -2.16. The second-order valence-electron chi connectivity index (χ2n) is 4.63. The minimum absolute atomic E-state index is 0.0857. The summed E-state index contributed by atoms with van der Waals surface area (Å²) in [5.41, 5.74) is 1.08. The molecule has 0 aliphatic carbocycles. The molecule has 2 aromatic rings. The lowest BCUT2D eigenvalue weighted by Crippen LogP contribution is -2.24. The van der Waals surface area contributed by atoms with Crippen molar-refractivity contribution in [3.63, 3.8) is 0 Å². The van der Waals surface area contributed by atoms with Gasteiger partial charge in [-0.1, -0.05) is 13.0 Å². The molecule has 1 unspecified atom stereocenters. The van der Waals surface area contributed by atoms with Crippen LogP contribution in [-0.2, 0) is 17.9 Å². The van der Waals surface area contributed by atoms with E-state index in [-0.39, 0.29) is 12.5 Å². The van der Waals surface area contributed by atoms with Crippen LogP contribution < -0.4 is 5.32 Å². The molecule has 0 aromatic carbocycles. The molecular weight excluding hydrogens is 274 g/mol. The van der Waals surface area contributed by atoms with Crippen LogP contribution in [0.25, 0.3) is 0 Å². The maximum Gasteiger partial charge on any atom is 0.305 e. The zero-order valence-electron chi connectivity index (χ0n) is 11.5. The Morgan fingerprint density at radius 1 is 1.60 bits per heavy atom. The number of hydrogen-bond acceptors (Lipinski definition) is 4. The zero-order chi connectivity index (χ0) is 14.4. The molecule has 0 fully saturated rings. The number of carboxylic acid groups (broad SMARTS) is 1. The highest BCUT2D eigenvalue weighted by atomic mass is 32.1. The van der Waals surface area contributed by atoms with Crippen molar-refractivity contribution in [1.82, 2.24) is 14.9 Å². The van der Waals surface area contributed by atoms with Crippen LogP contribution in [0.3, 0.4) is 0 Å². The lowest BCUT2D eigenvalue weighted by molar-refractivity contribution is -0.137.